The molecular formula is C20H22N2O3S. The first-order chi connectivity index (χ1) is 12.3. The zero-order valence-corrected chi connectivity index (χ0v) is 15.7. The van der Waals surface area contributed by atoms with Gasteiger partial charge in [-0.15, -0.1) is 0 Å². The molecule has 0 radical (unpaired) electrons. The number of anilines is 1. The average Bonchev–Trinajstić information content (AvgIpc) is 2.99. The van der Waals surface area contributed by atoms with Gasteiger partial charge in [-0.25, -0.2) is 13.2 Å². The summed E-state index contributed by atoms with van der Waals surface area (Å²) < 4.78 is 24.6. The van der Waals surface area contributed by atoms with Crippen LogP contribution < -0.4 is 4.90 Å². The van der Waals surface area contributed by atoms with E-state index >= 15 is 0 Å². The van der Waals surface area contributed by atoms with E-state index in [1.54, 1.807) is 9.80 Å². The zero-order chi connectivity index (χ0) is 18.5. The van der Waals surface area contributed by atoms with Gasteiger partial charge in [0.05, 0.1) is 23.6 Å². The summed E-state index contributed by atoms with van der Waals surface area (Å²) >= 11 is 0. The Balaban J connectivity index is 1.74. The van der Waals surface area contributed by atoms with E-state index in [9.17, 15) is 13.2 Å². The smallest absolute Gasteiger partial charge is 0.314 e. The van der Waals surface area contributed by atoms with E-state index in [1.807, 2.05) is 56.3 Å². The molecule has 0 bridgehead atoms. The van der Waals surface area contributed by atoms with Crippen LogP contribution in [0.4, 0.5) is 10.5 Å². The predicted octanol–water partition coefficient (Wildman–Crippen LogP) is 2.91. The summed E-state index contributed by atoms with van der Waals surface area (Å²) in [6, 6.07) is 15.0. The lowest BCUT2D eigenvalue weighted by Crippen LogP contribution is -2.37. The fourth-order valence-electron chi connectivity index (χ4n) is 4.13. The number of benzene rings is 2. The number of urea groups is 1. The van der Waals surface area contributed by atoms with Crippen LogP contribution in [-0.2, 0) is 16.4 Å². The highest BCUT2D eigenvalue weighted by Gasteiger charge is 2.53. The van der Waals surface area contributed by atoms with Crippen LogP contribution in [0.2, 0.25) is 0 Å². The Morgan fingerprint density at radius 3 is 2.23 bits per heavy atom. The van der Waals surface area contributed by atoms with Crippen molar-refractivity contribution in [2.24, 2.45) is 0 Å². The molecule has 2 unspecified atom stereocenters. The minimum Gasteiger partial charge on any atom is -0.314 e. The summed E-state index contributed by atoms with van der Waals surface area (Å²) in [6.45, 7) is 4.40. The van der Waals surface area contributed by atoms with Crippen LogP contribution >= 0.6 is 0 Å². The summed E-state index contributed by atoms with van der Waals surface area (Å²) in [5.41, 5.74) is 3.92. The highest BCUT2D eigenvalue weighted by Crippen LogP contribution is 2.36. The van der Waals surface area contributed by atoms with Gasteiger partial charge in [0.1, 0.15) is 0 Å². The fraction of sp³-hybridized carbons (Fsp3) is 0.350. The largest absolute Gasteiger partial charge is 0.325 e. The molecule has 26 heavy (non-hydrogen) atoms. The molecule has 0 spiro atoms. The fourth-order valence-corrected chi connectivity index (χ4v) is 6.08. The number of hydrogen-bond donors (Lipinski definition) is 0. The maximum Gasteiger partial charge on any atom is 0.325 e. The SMILES string of the molecule is Cc1cc(C)cc(N2C(=O)N(Cc3ccccc3)C3CS(=O)(=O)CC32)c1. The second-order valence-electron chi connectivity index (χ2n) is 7.32. The topological polar surface area (TPSA) is 57.7 Å². The minimum atomic E-state index is -3.15. The first kappa shape index (κ1) is 17.1. The molecule has 2 aromatic carbocycles. The van der Waals surface area contributed by atoms with Gasteiger partial charge in [-0.3, -0.25) is 4.90 Å². The standard InChI is InChI=1S/C20H22N2O3S/c1-14-8-15(2)10-17(9-14)22-19-13-26(24,25)12-18(19)21(20(22)23)11-16-6-4-3-5-7-16/h3-10,18-19H,11-13H2,1-2H3. The summed E-state index contributed by atoms with van der Waals surface area (Å²) in [5, 5.41) is 0. The van der Waals surface area contributed by atoms with E-state index in [0.717, 1.165) is 22.4 Å². The molecule has 2 amide bonds. The van der Waals surface area contributed by atoms with Crippen molar-refractivity contribution < 1.29 is 13.2 Å². The van der Waals surface area contributed by atoms with Gasteiger partial charge in [-0.05, 0) is 42.7 Å². The van der Waals surface area contributed by atoms with Crippen LogP contribution in [0.25, 0.3) is 0 Å². The Hall–Kier alpha value is -2.34. The molecule has 2 aromatic rings. The van der Waals surface area contributed by atoms with Crippen molar-refractivity contribution >= 4 is 21.6 Å². The monoisotopic (exact) mass is 370 g/mol. The molecule has 0 saturated carbocycles. The Bertz CT molecular complexity index is 936. The Labute approximate surface area is 154 Å². The quantitative estimate of drug-likeness (QED) is 0.781. The number of amides is 2. The molecule has 6 heteroatoms. The molecule has 5 nitrogen and oxygen atoms in total. The highest BCUT2D eigenvalue weighted by molar-refractivity contribution is 7.91. The van der Waals surface area contributed by atoms with Crippen molar-refractivity contribution in [2.45, 2.75) is 32.5 Å². The van der Waals surface area contributed by atoms with Crippen LogP contribution in [0.15, 0.2) is 48.5 Å². The number of carbonyl (C=O) groups is 1. The van der Waals surface area contributed by atoms with E-state index in [0.29, 0.717) is 6.54 Å². The van der Waals surface area contributed by atoms with E-state index in [-0.39, 0.29) is 29.6 Å². The lowest BCUT2D eigenvalue weighted by molar-refractivity contribution is 0.206. The van der Waals surface area contributed by atoms with Crippen LogP contribution in [-0.4, -0.2) is 42.9 Å². The first-order valence-electron chi connectivity index (χ1n) is 8.76. The maximum atomic E-state index is 13.2. The summed E-state index contributed by atoms with van der Waals surface area (Å²) in [6.07, 6.45) is 0. The van der Waals surface area contributed by atoms with E-state index < -0.39 is 9.84 Å². The number of sulfone groups is 1. The highest BCUT2D eigenvalue weighted by atomic mass is 32.2. The molecule has 0 N–H and O–H groups in total. The number of rotatable bonds is 3. The number of fused-ring (bicyclic) bond motifs is 1. The van der Waals surface area contributed by atoms with Crippen molar-refractivity contribution in [3.63, 3.8) is 0 Å². The molecule has 2 aliphatic heterocycles. The summed E-state index contributed by atoms with van der Waals surface area (Å²) in [5.74, 6) is 0.0687. The van der Waals surface area contributed by atoms with Crippen molar-refractivity contribution in [1.29, 1.82) is 0 Å². The van der Waals surface area contributed by atoms with Gasteiger partial charge in [-0.1, -0.05) is 36.4 Å². The molecule has 2 fully saturated rings. The van der Waals surface area contributed by atoms with Crippen LogP contribution in [0.5, 0.6) is 0 Å². The number of aryl methyl sites for hydroxylation is 2. The molecule has 0 aliphatic carbocycles. The third-order valence-corrected chi connectivity index (χ3v) is 6.86. The van der Waals surface area contributed by atoms with E-state index in [2.05, 4.69) is 6.07 Å². The van der Waals surface area contributed by atoms with Crippen molar-refractivity contribution in [1.82, 2.24) is 4.90 Å². The Morgan fingerprint density at radius 2 is 1.58 bits per heavy atom. The van der Waals surface area contributed by atoms with Gasteiger partial charge in [0.2, 0.25) is 0 Å². The van der Waals surface area contributed by atoms with Gasteiger partial charge in [0, 0.05) is 12.2 Å². The van der Waals surface area contributed by atoms with Gasteiger partial charge in [0.15, 0.2) is 9.84 Å². The second-order valence-corrected chi connectivity index (χ2v) is 9.48. The lowest BCUT2D eigenvalue weighted by Gasteiger charge is -2.23. The van der Waals surface area contributed by atoms with Gasteiger partial charge >= 0.3 is 6.03 Å². The molecule has 2 saturated heterocycles. The van der Waals surface area contributed by atoms with Crippen LogP contribution in [0.3, 0.4) is 0 Å². The van der Waals surface area contributed by atoms with Gasteiger partial charge < -0.3 is 4.90 Å². The normalized spacial score (nSPS) is 24.2. The molecule has 4 rings (SSSR count). The minimum absolute atomic E-state index is 0.0295. The first-order valence-corrected chi connectivity index (χ1v) is 10.6. The van der Waals surface area contributed by atoms with Crippen molar-refractivity contribution in [3.8, 4) is 0 Å². The lowest BCUT2D eigenvalue weighted by atomic mass is 10.1. The van der Waals surface area contributed by atoms with Gasteiger partial charge in [-0.2, -0.15) is 0 Å². The molecule has 2 aliphatic rings. The summed E-state index contributed by atoms with van der Waals surface area (Å²) in [4.78, 5) is 16.6. The van der Waals surface area contributed by atoms with Crippen LogP contribution in [0.1, 0.15) is 16.7 Å². The molecule has 0 aromatic heterocycles. The third kappa shape index (κ3) is 2.98. The molecular weight excluding hydrogens is 348 g/mol. The Morgan fingerprint density at radius 1 is 0.962 bits per heavy atom. The molecule has 2 atom stereocenters. The zero-order valence-electron chi connectivity index (χ0n) is 14.9. The average molecular weight is 370 g/mol. The second kappa shape index (κ2) is 6.13. The van der Waals surface area contributed by atoms with E-state index in [1.165, 1.54) is 0 Å². The van der Waals surface area contributed by atoms with Crippen molar-refractivity contribution in [2.75, 3.05) is 16.4 Å². The predicted molar refractivity (Wildman–Crippen MR) is 102 cm³/mol. The van der Waals surface area contributed by atoms with E-state index in [4.69, 9.17) is 0 Å². The maximum absolute atomic E-state index is 13.2. The molecule has 136 valence electrons. The van der Waals surface area contributed by atoms with Crippen LogP contribution in [0, 0.1) is 13.8 Å². The number of carbonyl (C=O) groups excluding carboxylic acids is 1. The summed E-state index contributed by atoms with van der Waals surface area (Å²) in [7, 11) is -3.15. The Kier molecular flexibility index (Phi) is 4.03. The van der Waals surface area contributed by atoms with Gasteiger partial charge in [0.25, 0.3) is 0 Å². The molecule has 2 heterocycles. The van der Waals surface area contributed by atoms with Crippen molar-refractivity contribution in [3.05, 3.63) is 65.2 Å². The number of hydrogen-bond acceptors (Lipinski definition) is 3. The number of nitrogens with zero attached hydrogens (tertiary/aromatic N) is 2. The third-order valence-electron chi connectivity index (χ3n) is 5.16.